The minimum atomic E-state index is 0.0116. The Hall–Kier alpha value is -2.71. The van der Waals surface area contributed by atoms with Crippen molar-refractivity contribution in [1.82, 2.24) is 14.3 Å². The molecular weight excluding hydrogens is 388 g/mol. The molecule has 2 aromatic heterocycles. The number of ether oxygens (including phenoxy) is 1. The summed E-state index contributed by atoms with van der Waals surface area (Å²) in [5, 5.41) is 4.85. The van der Waals surface area contributed by atoms with E-state index < -0.39 is 0 Å². The Labute approximate surface area is 172 Å². The van der Waals surface area contributed by atoms with Crippen LogP contribution in [0.1, 0.15) is 29.8 Å². The van der Waals surface area contributed by atoms with Gasteiger partial charge in [0.05, 0.1) is 18.9 Å². The lowest BCUT2D eigenvalue weighted by Crippen LogP contribution is -2.41. The van der Waals surface area contributed by atoms with Crippen molar-refractivity contribution in [3.8, 4) is 11.3 Å². The molecule has 0 spiro atoms. The van der Waals surface area contributed by atoms with Crippen LogP contribution >= 0.6 is 11.3 Å². The van der Waals surface area contributed by atoms with Crippen molar-refractivity contribution in [3.05, 3.63) is 41.5 Å². The number of anilines is 1. The number of imidazole rings is 1. The molecule has 8 heteroatoms. The van der Waals surface area contributed by atoms with Crippen molar-refractivity contribution < 1.29 is 14.3 Å². The monoisotopic (exact) mass is 410 g/mol. The highest BCUT2D eigenvalue weighted by atomic mass is 32.1. The van der Waals surface area contributed by atoms with Crippen LogP contribution in [0.5, 0.6) is 0 Å². The molecule has 150 valence electrons. The SMILES string of the molecule is O=C(Nc1ccc(-c2cn3c(C(=O)N4CCOCC4)csc3n2)cc1)C1CCC1. The Morgan fingerprint density at radius 3 is 2.59 bits per heavy atom. The summed E-state index contributed by atoms with van der Waals surface area (Å²) >= 11 is 1.46. The van der Waals surface area contributed by atoms with Gasteiger partial charge in [-0.25, -0.2) is 4.98 Å². The highest BCUT2D eigenvalue weighted by Crippen LogP contribution is 2.29. The third kappa shape index (κ3) is 3.54. The summed E-state index contributed by atoms with van der Waals surface area (Å²) in [6.45, 7) is 2.40. The first-order valence-electron chi connectivity index (χ1n) is 9.94. The molecule has 3 heterocycles. The predicted molar refractivity (Wildman–Crippen MR) is 111 cm³/mol. The minimum absolute atomic E-state index is 0.0116. The Balaban J connectivity index is 1.34. The van der Waals surface area contributed by atoms with E-state index in [-0.39, 0.29) is 17.7 Å². The zero-order valence-electron chi connectivity index (χ0n) is 16.0. The van der Waals surface area contributed by atoms with Gasteiger partial charge in [-0.1, -0.05) is 18.6 Å². The highest BCUT2D eigenvalue weighted by Gasteiger charge is 2.25. The van der Waals surface area contributed by atoms with Crippen molar-refractivity contribution in [2.45, 2.75) is 19.3 Å². The molecule has 1 saturated heterocycles. The maximum Gasteiger partial charge on any atom is 0.271 e. The standard InChI is InChI=1S/C21H22N4O3S/c26-19(15-2-1-3-15)22-16-6-4-14(5-7-16)17-12-25-18(13-29-21(25)23-17)20(27)24-8-10-28-11-9-24/h4-7,12-13,15H,1-3,8-11H2,(H,22,26). The molecule has 1 N–H and O–H groups in total. The van der Waals surface area contributed by atoms with Gasteiger partial charge in [0, 0.05) is 41.8 Å². The number of thiazole rings is 1. The van der Waals surface area contributed by atoms with E-state index >= 15 is 0 Å². The first-order chi connectivity index (χ1) is 14.2. The fourth-order valence-electron chi connectivity index (χ4n) is 3.64. The van der Waals surface area contributed by atoms with Crippen LogP contribution in [0.25, 0.3) is 16.2 Å². The van der Waals surface area contributed by atoms with Crippen molar-refractivity contribution in [3.63, 3.8) is 0 Å². The van der Waals surface area contributed by atoms with E-state index in [1.165, 1.54) is 11.3 Å². The topological polar surface area (TPSA) is 75.9 Å². The molecule has 1 aliphatic heterocycles. The van der Waals surface area contributed by atoms with Gasteiger partial charge in [0.2, 0.25) is 5.91 Å². The highest BCUT2D eigenvalue weighted by molar-refractivity contribution is 7.15. The van der Waals surface area contributed by atoms with Gasteiger partial charge in [-0.3, -0.25) is 14.0 Å². The normalized spacial score (nSPS) is 17.3. The zero-order chi connectivity index (χ0) is 19.8. The maximum absolute atomic E-state index is 12.8. The quantitative estimate of drug-likeness (QED) is 0.716. The van der Waals surface area contributed by atoms with E-state index in [1.807, 2.05) is 45.1 Å². The lowest BCUT2D eigenvalue weighted by Gasteiger charge is -2.26. The van der Waals surface area contributed by atoms with E-state index in [2.05, 4.69) is 10.3 Å². The van der Waals surface area contributed by atoms with Crippen LogP contribution < -0.4 is 5.32 Å². The fraction of sp³-hybridized carbons (Fsp3) is 0.381. The van der Waals surface area contributed by atoms with Gasteiger partial charge in [0.1, 0.15) is 5.69 Å². The molecule has 1 aliphatic carbocycles. The molecule has 7 nitrogen and oxygen atoms in total. The summed E-state index contributed by atoms with van der Waals surface area (Å²) in [4.78, 5) is 32.2. The molecule has 0 atom stereocenters. The Kier molecular flexibility index (Phi) is 4.81. The maximum atomic E-state index is 12.8. The van der Waals surface area contributed by atoms with Crippen LogP contribution in [0.2, 0.25) is 0 Å². The van der Waals surface area contributed by atoms with E-state index in [9.17, 15) is 9.59 Å². The summed E-state index contributed by atoms with van der Waals surface area (Å²) in [6, 6.07) is 7.71. The van der Waals surface area contributed by atoms with Crippen LogP contribution in [-0.2, 0) is 9.53 Å². The average molecular weight is 410 g/mol. The summed E-state index contributed by atoms with van der Waals surface area (Å²) in [5.41, 5.74) is 3.20. The lowest BCUT2D eigenvalue weighted by molar-refractivity contribution is -0.122. The molecule has 2 amide bonds. The number of fused-ring (bicyclic) bond motifs is 1. The van der Waals surface area contributed by atoms with Crippen molar-refractivity contribution >= 4 is 33.8 Å². The molecule has 0 unspecified atom stereocenters. The Morgan fingerprint density at radius 2 is 1.90 bits per heavy atom. The van der Waals surface area contributed by atoms with Crippen LogP contribution in [0, 0.1) is 5.92 Å². The first-order valence-corrected chi connectivity index (χ1v) is 10.8. The number of carbonyl (C=O) groups is 2. The molecule has 0 radical (unpaired) electrons. The van der Waals surface area contributed by atoms with Gasteiger partial charge in [-0.2, -0.15) is 0 Å². The number of benzene rings is 1. The summed E-state index contributed by atoms with van der Waals surface area (Å²) in [7, 11) is 0. The van der Waals surface area contributed by atoms with E-state index in [4.69, 9.17) is 4.74 Å². The zero-order valence-corrected chi connectivity index (χ0v) is 16.8. The lowest BCUT2D eigenvalue weighted by atomic mass is 9.85. The Morgan fingerprint density at radius 1 is 1.14 bits per heavy atom. The average Bonchev–Trinajstić information content (AvgIpc) is 3.28. The number of hydrogen-bond acceptors (Lipinski definition) is 5. The summed E-state index contributed by atoms with van der Waals surface area (Å²) < 4.78 is 7.20. The second kappa shape index (κ2) is 7.61. The van der Waals surface area contributed by atoms with Crippen LogP contribution in [0.3, 0.4) is 0 Å². The second-order valence-electron chi connectivity index (χ2n) is 7.50. The third-order valence-electron chi connectivity index (χ3n) is 5.65. The number of amides is 2. The Bertz CT molecular complexity index is 1050. The van der Waals surface area contributed by atoms with Crippen LogP contribution in [-0.4, -0.2) is 52.4 Å². The number of nitrogens with zero attached hydrogens (tertiary/aromatic N) is 3. The molecule has 2 fully saturated rings. The van der Waals surface area contributed by atoms with Crippen molar-refractivity contribution in [2.24, 2.45) is 5.92 Å². The number of rotatable bonds is 4. The second-order valence-corrected chi connectivity index (χ2v) is 8.34. The summed E-state index contributed by atoms with van der Waals surface area (Å²) in [6.07, 6.45) is 5.02. The number of morpholine rings is 1. The smallest absolute Gasteiger partial charge is 0.271 e. The third-order valence-corrected chi connectivity index (χ3v) is 6.49. The van der Waals surface area contributed by atoms with Gasteiger partial charge >= 0.3 is 0 Å². The predicted octanol–water partition coefficient (Wildman–Crippen LogP) is 3.27. The first kappa shape index (κ1) is 18.3. The van der Waals surface area contributed by atoms with Gasteiger partial charge in [-0.05, 0) is 25.0 Å². The number of aromatic nitrogens is 2. The van der Waals surface area contributed by atoms with Crippen molar-refractivity contribution in [2.75, 3.05) is 31.6 Å². The molecule has 1 saturated carbocycles. The van der Waals surface area contributed by atoms with Crippen LogP contribution in [0.15, 0.2) is 35.8 Å². The molecular formula is C21H22N4O3S. The van der Waals surface area contributed by atoms with E-state index in [1.54, 1.807) is 0 Å². The molecule has 5 rings (SSSR count). The van der Waals surface area contributed by atoms with Crippen molar-refractivity contribution in [1.29, 1.82) is 0 Å². The molecule has 29 heavy (non-hydrogen) atoms. The number of hydrogen-bond donors (Lipinski definition) is 1. The minimum Gasteiger partial charge on any atom is -0.378 e. The van der Waals surface area contributed by atoms with Gasteiger partial charge in [0.25, 0.3) is 5.91 Å². The van der Waals surface area contributed by atoms with E-state index in [0.29, 0.717) is 32.0 Å². The van der Waals surface area contributed by atoms with E-state index in [0.717, 1.165) is 41.2 Å². The largest absolute Gasteiger partial charge is 0.378 e. The molecule has 1 aromatic carbocycles. The van der Waals surface area contributed by atoms with Gasteiger partial charge in [0.15, 0.2) is 4.96 Å². The van der Waals surface area contributed by atoms with Gasteiger partial charge in [-0.15, -0.1) is 11.3 Å². The van der Waals surface area contributed by atoms with Crippen LogP contribution in [0.4, 0.5) is 5.69 Å². The number of nitrogens with one attached hydrogen (secondary N) is 1. The molecule has 2 aliphatic rings. The molecule has 0 bridgehead atoms. The number of carbonyl (C=O) groups excluding carboxylic acids is 2. The fourth-order valence-corrected chi connectivity index (χ4v) is 4.49. The summed E-state index contributed by atoms with van der Waals surface area (Å²) in [5.74, 6) is 0.285. The molecule has 3 aromatic rings. The van der Waals surface area contributed by atoms with Gasteiger partial charge < -0.3 is 15.0 Å².